The van der Waals surface area contributed by atoms with Crippen LogP contribution in [-0.2, 0) is 23.1 Å². The minimum atomic E-state index is -2.94. The predicted molar refractivity (Wildman–Crippen MR) is 113 cm³/mol. The summed E-state index contributed by atoms with van der Waals surface area (Å²) in [5.41, 5.74) is 0.930. The van der Waals surface area contributed by atoms with Gasteiger partial charge in [-0.2, -0.15) is 5.10 Å². The van der Waals surface area contributed by atoms with Gasteiger partial charge in [0, 0.05) is 18.2 Å². The third kappa shape index (κ3) is 4.37. The highest BCUT2D eigenvalue weighted by molar-refractivity contribution is 7.91. The molecule has 1 aromatic carbocycles. The molecular weight excluding hydrogens is 396 g/mol. The number of aromatic nitrogens is 3. The van der Waals surface area contributed by atoms with Crippen molar-refractivity contribution in [3.05, 3.63) is 41.7 Å². The Balaban J connectivity index is 1.92. The van der Waals surface area contributed by atoms with E-state index in [4.69, 9.17) is 22.1 Å². The van der Waals surface area contributed by atoms with Crippen LogP contribution >= 0.6 is 12.2 Å². The molecule has 2 aromatic rings. The maximum absolute atomic E-state index is 11.9. The first-order valence-electron chi connectivity index (χ1n) is 9.26. The third-order valence-electron chi connectivity index (χ3n) is 5.03. The van der Waals surface area contributed by atoms with Crippen molar-refractivity contribution in [2.45, 2.75) is 32.6 Å². The number of nitrogens with zero attached hydrogens (tertiary/aromatic N) is 4. The first kappa shape index (κ1) is 20.8. The van der Waals surface area contributed by atoms with Gasteiger partial charge in [-0.1, -0.05) is 13.0 Å². The third-order valence-corrected chi connectivity index (χ3v) is 7.21. The first-order valence-corrected chi connectivity index (χ1v) is 11.5. The average Bonchev–Trinajstić information content (AvgIpc) is 3.20. The average molecular weight is 423 g/mol. The highest BCUT2D eigenvalue weighted by atomic mass is 32.2. The molecule has 1 fully saturated rings. The number of hydrogen-bond acceptors (Lipinski definition) is 6. The van der Waals surface area contributed by atoms with Crippen molar-refractivity contribution in [2.24, 2.45) is 0 Å². The fraction of sp³-hybridized carbons (Fsp3) is 0.474. The fourth-order valence-corrected chi connectivity index (χ4v) is 5.51. The van der Waals surface area contributed by atoms with Gasteiger partial charge in [-0.05, 0) is 49.4 Å². The van der Waals surface area contributed by atoms with E-state index in [1.54, 1.807) is 17.9 Å². The van der Waals surface area contributed by atoms with Gasteiger partial charge in [-0.3, -0.25) is 9.47 Å². The molecule has 28 heavy (non-hydrogen) atoms. The van der Waals surface area contributed by atoms with Crippen LogP contribution in [0.3, 0.4) is 0 Å². The van der Waals surface area contributed by atoms with Crippen LogP contribution < -0.4 is 4.74 Å². The molecule has 0 unspecified atom stereocenters. The van der Waals surface area contributed by atoms with Gasteiger partial charge < -0.3 is 4.74 Å². The Kier molecular flexibility index (Phi) is 6.36. The topological polar surface area (TPSA) is 69.4 Å². The van der Waals surface area contributed by atoms with Crippen LogP contribution in [0.15, 0.2) is 36.9 Å². The number of hydrogen-bond donors (Lipinski definition) is 0. The maximum Gasteiger partial charge on any atom is 0.199 e. The lowest BCUT2D eigenvalue weighted by Gasteiger charge is -2.26. The number of sulfone groups is 1. The van der Waals surface area contributed by atoms with Crippen LogP contribution in [0.4, 0.5) is 0 Å². The van der Waals surface area contributed by atoms with Crippen LogP contribution in [0.5, 0.6) is 5.75 Å². The fourth-order valence-electron chi connectivity index (χ4n) is 3.49. The first-order chi connectivity index (χ1) is 13.4. The molecule has 1 atom stereocenters. The zero-order chi connectivity index (χ0) is 20.3. The summed E-state index contributed by atoms with van der Waals surface area (Å²) in [5.74, 6) is 1.98. The van der Waals surface area contributed by atoms with E-state index in [2.05, 4.69) is 11.5 Å². The highest BCUT2D eigenvalue weighted by Gasteiger charge is 2.32. The molecule has 1 aliphatic rings. The van der Waals surface area contributed by atoms with Crippen molar-refractivity contribution in [3.63, 3.8) is 0 Å². The SMILES string of the molecule is C=CCn1c(-c2ccc(OC)cc2)nn(CN(CC)[C@@H]2CCS(=O)(=O)C2)c1=S. The van der Waals surface area contributed by atoms with Gasteiger partial charge in [0.25, 0.3) is 0 Å². The number of rotatable bonds is 8. The normalized spacial score (nSPS) is 18.5. The Bertz CT molecular complexity index is 993. The second-order valence-electron chi connectivity index (χ2n) is 6.84. The Labute approximate surface area is 171 Å². The van der Waals surface area contributed by atoms with Crippen molar-refractivity contribution in [3.8, 4) is 17.1 Å². The van der Waals surface area contributed by atoms with Crippen LogP contribution in [0, 0.1) is 4.77 Å². The van der Waals surface area contributed by atoms with Gasteiger partial charge >= 0.3 is 0 Å². The van der Waals surface area contributed by atoms with Gasteiger partial charge in [0.2, 0.25) is 0 Å². The van der Waals surface area contributed by atoms with Crippen LogP contribution in [0.2, 0.25) is 0 Å². The largest absolute Gasteiger partial charge is 0.497 e. The Hall–Kier alpha value is -1.97. The zero-order valence-corrected chi connectivity index (χ0v) is 17.9. The van der Waals surface area contributed by atoms with E-state index in [1.165, 1.54) is 0 Å². The number of ether oxygens (including phenoxy) is 1. The van der Waals surface area contributed by atoms with E-state index in [0.29, 0.717) is 24.4 Å². The van der Waals surface area contributed by atoms with Gasteiger partial charge in [-0.25, -0.2) is 13.1 Å². The second kappa shape index (κ2) is 8.59. The van der Waals surface area contributed by atoms with Crippen LogP contribution in [0.1, 0.15) is 13.3 Å². The molecule has 0 aliphatic carbocycles. The Morgan fingerprint density at radius 3 is 2.64 bits per heavy atom. The molecule has 1 aromatic heterocycles. The summed E-state index contributed by atoms with van der Waals surface area (Å²) < 4.78 is 33.3. The second-order valence-corrected chi connectivity index (χ2v) is 9.43. The predicted octanol–water partition coefficient (Wildman–Crippen LogP) is 2.74. The van der Waals surface area contributed by atoms with E-state index in [-0.39, 0.29) is 17.5 Å². The molecule has 9 heteroatoms. The lowest BCUT2D eigenvalue weighted by molar-refractivity contribution is 0.164. The molecule has 3 rings (SSSR count). The minimum Gasteiger partial charge on any atom is -0.497 e. The minimum absolute atomic E-state index is 0.00545. The molecular formula is C19H26N4O3S2. The highest BCUT2D eigenvalue weighted by Crippen LogP contribution is 2.23. The van der Waals surface area contributed by atoms with Crippen LogP contribution in [-0.4, -0.2) is 58.9 Å². The molecule has 0 amide bonds. The summed E-state index contributed by atoms with van der Waals surface area (Å²) >= 11 is 5.66. The summed E-state index contributed by atoms with van der Waals surface area (Å²) in [6.07, 6.45) is 2.44. The molecule has 0 spiro atoms. The number of allylic oxidation sites excluding steroid dienone is 1. The molecule has 0 bridgehead atoms. The van der Waals surface area contributed by atoms with Gasteiger partial charge in [0.05, 0.1) is 25.3 Å². The smallest absolute Gasteiger partial charge is 0.199 e. The quantitative estimate of drug-likeness (QED) is 0.481. The van der Waals surface area contributed by atoms with E-state index in [9.17, 15) is 8.42 Å². The summed E-state index contributed by atoms with van der Waals surface area (Å²) in [6.45, 7) is 7.59. The monoisotopic (exact) mass is 422 g/mol. The molecule has 7 nitrogen and oxygen atoms in total. The molecule has 1 saturated heterocycles. The van der Waals surface area contributed by atoms with Crippen molar-refractivity contribution >= 4 is 22.1 Å². The molecule has 152 valence electrons. The Morgan fingerprint density at radius 2 is 2.11 bits per heavy atom. The summed E-state index contributed by atoms with van der Waals surface area (Å²) in [5, 5.41) is 4.75. The van der Waals surface area contributed by atoms with E-state index >= 15 is 0 Å². The van der Waals surface area contributed by atoms with Gasteiger partial charge in [0.15, 0.2) is 20.4 Å². The van der Waals surface area contributed by atoms with Crippen LogP contribution in [0.25, 0.3) is 11.4 Å². The molecule has 0 saturated carbocycles. The number of methoxy groups -OCH3 is 1. The summed E-state index contributed by atoms with van der Waals surface area (Å²) in [6, 6.07) is 7.67. The maximum atomic E-state index is 11.9. The van der Waals surface area contributed by atoms with E-state index < -0.39 is 9.84 Å². The number of benzene rings is 1. The zero-order valence-electron chi connectivity index (χ0n) is 16.2. The van der Waals surface area contributed by atoms with Crippen molar-refractivity contribution < 1.29 is 13.2 Å². The van der Waals surface area contributed by atoms with E-state index in [1.807, 2.05) is 35.8 Å². The van der Waals surface area contributed by atoms with E-state index in [0.717, 1.165) is 23.7 Å². The van der Waals surface area contributed by atoms with Gasteiger partial charge in [-0.15, -0.1) is 6.58 Å². The standard InChI is InChI=1S/C19H26N4O3S2/c1-4-11-22-18(15-6-8-17(26-3)9-7-15)20-23(19(22)27)14-21(5-2)16-10-12-28(24,25)13-16/h4,6-9,16H,1,5,10-14H2,2-3H3/t16-/m1/s1. The molecule has 0 N–H and O–H groups in total. The van der Waals surface area contributed by atoms with Crippen molar-refractivity contribution in [1.82, 2.24) is 19.2 Å². The lowest BCUT2D eigenvalue weighted by Crippen LogP contribution is -2.37. The Morgan fingerprint density at radius 1 is 1.39 bits per heavy atom. The van der Waals surface area contributed by atoms with Crippen molar-refractivity contribution in [2.75, 3.05) is 25.2 Å². The summed E-state index contributed by atoms with van der Waals surface area (Å²) in [4.78, 5) is 2.13. The molecule has 0 radical (unpaired) electrons. The summed E-state index contributed by atoms with van der Waals surface area (Å²) in [7, 11) is -1.31. The molecule has 2 heterocycles. The molecule has 1 aliphatic heterocycles. The lowest BCUT2D eigenvalue weighted by atomic mass is 10.2. The van der Waals surface area contributed by atoms with Crippen molar-refractivity contribution in [1.29, 1.82) is 0 Å². The van der Waals surface area contributed by atoms with Gasteiger partial charge in [0.1, 0.15) is 5.75 Å².